The van der Waals surface area contributed by atoms with Gasteiger partial charge in [0.15, 0.2) is 0 Å². The number of halogens is 1. The van der Waals surface area contributed by atoms with Crippen LogP contribution < -0.4 is 5.32 Å². The largest absolute Gasteiger partial charge is 0.316 e. The molecule has 0 atom stereocenters. The van der Waals surface area contributed by atoms with Crippen molar-refractivity contribution in [3.05, 3.63) is 57.2 Å². The van der Waals surface area contributed by atoms with Crippen molar-refractivity contribution in [1.29, 1.82) is 0 Å². The van der Waals surface area contributed by atoms with Gasteiger partial charge in [0, 0.05) is 9.90 Å². The van der Waals surface area contributed by atoms with Gasteiger partial charge in [0.05, 0.1) is 0 Å². The molecule has 0 aliphatic rings. The van der Waals surface area contributed by atoms with Crippen molar-refractivity contribution < 1.29 is 0 Å². The maximum atomic E-state index is 5.84. The van der Waals surface area contributed by atoms with Gasteiger partial charge in [0.25, 0.3) is 0 Å². The van der Waals surface area contributed by atoms with Gasteiger partial charge in [-0.05, 0) is 55.1 Å². The molecule has 0 saturated heterocycles. The van der Waals surface area contributed by atoms with Crippen molar-refractivity contribution in [2.24, 2.45) is 0 Å². The number of hydrogen-bond donors (Lipinski definition) is 1. The highest BCUT2D eigenvalue weighted by molar-refractivity contribution is 7.09. The van der Waals surface area contributed by atoms with E-state index < -0.39 is 0 Å². The molecule has 0 radical (unpaired) electrons. The summed E-state index contributed by atoms with van der Waals surface area (Å²) in [6, 6.07) is 12.4. The highest BCUT2D eigenvalue weighted by atomic mass is 35.5. The Hall–Kier alpha value is -0.830. The Kier molecular flexibility index (Phi) is 5.05. The lowest BCUT2D eigenvalue weighted by Gasteiger charge is -2.04. The fourth-order valence-corrected chi connectivity index (χ4v) is 2.51. The van der Waals surface area contributed by atoms with E-state index in [4.69, 9.17) is 11.6 Å². The van der Waals surface area contributed by atoms with E-state index in [1.54, 1.807) is 0 Å². The lowest BCUT2D eigenvalue weighted by Crippen LogP contribution is -2.19. The average Bonchev–Trinajstić information content (AvgIpc) is 2.84. The summed E-state index contributed by atoms with van der Waals surface area (Å²) in [4.78, 5) is 1.45. The zero-order chi connectivity index (χ0) is 11.9. The van der Waals surface area contributed by atoms with E-state index in [0.717, 1.165) is 31.0 Å². The number of hydrogen-bond acceptors (Lipinski definition) is 2. The molecule has 1 aromatic heterocycles. The van der Waals surface area contributed by atoms with E-state index >= 15 is 0 Å². The van der Waals surface area contributed by atoms with E-state index in [1.807, 2.05) is 23.5 Å². The predicted octanol–water partition coefficient (Wildman–Crippen LogP) is 3.78. The van der Waals surface area contributed by atoms with Gasteiger partial charge < -0.3 is 5.32 Å². The summed E-state index contributed by atoms with van der Waals surface area (Å²) in [5.74, 6) is 0. The van der Waals surface area contributed by atoms with Gasteiger partial charge in [-0.25, -0.2) is 0 Å². The molecule has 0 spiro atoms. The second-order valence-corrected chi connectivity index (χ2v) is 5.42. The van der Waals surface area contributed by atoms with Gasteiger partial charge in [-0.3, -0.25) is 0 Å². The van der Waals surface area contributed by atoms with E-state index in [1.165, 1.54) is 10.4 Å². The van der Waals surface area contributed by atoms with Crippen molar-refractivity contribution in [3.63, 3.8) is 0 Å². The highest BCUT2D eigenvalue weighted by Crippen LogP contribution is 2.10. The minimum absolute atomic E-state index is 0.805. The van der Waals surface area contributed by atoms with Gasteiger partial charge in [0.2, 0.25) is 0 Å². The van der Waals surface area contributed by atoms with Gasteiger partial charge in [-0.15, -0.1) is 11.3 Å². The van der Waals surface area contributed by atoms with Crippen LogP contribution in [0.2, 0.25) is 5.02 Å². The summed E-state index contributed by atoms with van der Waals surface area (Å²) >= 11 is 7.66. The number of benzene rings is 1. The molecular weight excluding hydrogens is 250 g/mol. The Balaban J connectivity index is 1.61. The fraction of sp³-hybridized carbons (Fsp3) is 0.286. The lowest BCUT2D eigenvalue weighted by molar-refractivity contribution is 0.685. The van der Waals surface area contributed by atoms with E-state index in [9.17, 15) is 0 Å². The molecule has 0 amide bonds. The Labute approximate surface area is 111 Å². The van der Waals surface area contributed by atoms with Crippen molar-refractivity contribution >= 4 is 22.9 Å². The molecule has 0 aliphatic carbocycles. The topological polar surface area (TPSA) is 12.0 Å². The molecular formula is C14H16ClNS. The Morgan fingerprint density at radius 3 is 2.47 bits per heavy atom. The third-order valence-electron chi connectivity index (χ3n) is 2.63. The monoisotopic (exact) mass is 265 g/mol. The standard InChI is InChI=1S/C14H16ClNS/c15-13-5-3-12(4-6-13)7-9-16-10-8-14-2-1-11-17-14/h1-6,11,16H,7-10H2. The third-order valence-corrected chi connectivity index (χ3v) is 3.82. The molecule has 2 aromatic rings. The van der Waals surface area contributed by atoms with Crippen molar-refractivity contribution in [3.8, 4) is 0 Å². The number of nitrogens with one attached hydrogen (secondary N) is 1. The van der Waals surface area contributed by atoms with Gasteiger partial charge in [-0.1, -0.05) is 29.8 Å². The van der Waals surface area contributed by atoms with E-state index in [2.05, 4.69) is 35.0 Å². The molecule has 0 fully saturated rings. The molecule has 17 heavy (non-hydrogen) atoms. The van der Waals surface area contributed by atoms with Gasteiger partial charge >= 0.3 is 0 Å². The molecule has 2 rings (SSSR count). The molecule has 90 valence electrons. The third kappa shape index (κ3) is 4.50. The Morgan fingerprint density at radius 1 is 1.00 bits per heavy atom. The van der Waals surface area contributed by atoms with Crippen LogP contribution in [0.15, 0.2) is 41.8 Å². The summed E-state index contributed by atoms with van der Waals surface area (Å²) in [7, 11) is 0. The van der Waals surface area contributed by atoms with Crippen LogP contribution in [0.4, 0.5) is 0 Å². The SMILES string of the molecule is Clc1ccc(CCNCCc2cccs2)cc1. The van der Waals surface area contributed by atoms with Crippen LogP contribution >= 0.6 is 22.9 Å². The van der Waals surface area contributed by atoms with Crippen LogP contribution in [0.5, 0.6) is 0 Å². The first-order chi connectivity index (χ1) is 8.34. The van der Waals surface area contributed by atoms with Crippen LogP contribution in [0.25, 0.3) is 0 Å². The molecule has 1 heterocycles. The summed E-state index contributed by atoms with van der Waals surface area (Å²) in [6.45, 7) is 2.07. The zero-order valence-electron chi connectivity index (χ0n) is 9.66. The maximum absolute atomic E-state index is 5.84. The second kappa shape index (κ2) is 6.80. The van der Waals surface area contributed by atoms with Crippen molar-refractivity contribution in [2.45, 2.75) is 12.8 Å². The first-order valence-corrected chi connectivity index (χ1v) is 7.08. The first kappa shape index (κ1) is 12.6. The summed E-state index contributed by atoms with van der Waals surface area (Å²) < 4.78 is 0. The fourth-order valence-electron chi connectivity index (χ4n) is 1.68. The van der Waals surface area contributed by atoms with E-state index in [-0.39, 0.29) is 0 Å². The Morgan fingerprint density at radius 2 is 1.76 bits per heavy atom. The van der Waals surface area contributed by atoms with Gasteiger partial charge in [0.1, 0.15) is 0 Å². The molecule has 1 N–H and O–H groups in total. The second-order valence-electron chi connectivity index (χ2n) is 3.96. The normalized spacial score (nSPS) is 10.6. The maximum Gasteiger partial charge on any atom is 0.0406 e. The van der Waals surface area contributed by atoms with Crippen LogP contribution in [0.1, 0.15) is 10.4 Å². The van der Waals surface area contributed by atoms with Crippen LogP contribution in [0.3, 0.4) is 0 Å². The summed E-state index contributed by atoms with van der Waals surface area (Å²) in [6.07, 6.45) is 2.18. The smallest absolute Gasteiger partial charge is 0.0406 e. The first-order valence-electron chi connectivity index (χ1n) is 5.82. The van der Waals surface area contributed by atoms with Crippen molar-refractivity contribution in [1.82, 2.24) is 5.32 Å². The minimum atomic E-state index is 0.805. The summed E-state index contributed by atoms with van der Waals surface area (Å²) in [5, 5.41) is 6.39. The molecule has 0 aliphatic heterocycles. The quantitative estimate of drug-likeness (QED) is 0.784. The molecule has 0 bridgehead atoms. The average molecular weight is 266 g/mol. The molecule has 1 nitrogen and oxygen atoms in total. The Bertz CT molecular complexity index is 422. The molecule has 0 saturated carbocycles. The van der Waals surface area contributed by atoms with Crippen molar-refractivity contribution in [2.75, 3.05) is 13.1 Å². The van der Waals surface area contributed by atoms with Gasteiger partial charge in [-0.2, -0.15) is 0 Å². The summed E-state index contributed by atoms with van der Waals surface area (Å²) in [5.41, 5.74) is 1.33. The van der Waals surface area contributed by atoms with Crippen LogP contribution in [-0.2, 0) is 12.8 Å². The minimum Gasteiger partial charge on any atom is -0.316 e. The van der Waals surface area contributed by atoms with Crippen LogP contribution in [-0.4, -0.2) is 13.1 Å². The molecule has 0 unspecified atom stereocenters. The lowest BCUT2D eigenvalue weighted by atomic mass is 10.1. The predicted molar refractivity (Wildman–Crippen MR) is 76.0 cm³/mol. The number of rotatable bonds is 6. The zero-order valence-corrected chi connectivity index (χ0v) is 11.2. The number of thiophene rings is 1. The molecule has 1 aromatic carbocycles. The molecule has 3 heteroatoms. The highest BCUT2D eigenvalue weighted by Gasteiger charge is 1.95. The van der Waals surface area contributed by atoms with Crippen LogP contribution in [0, 0.1) is 0 Å². The van der Waals surface area contributed by atoms with E-state index in [0.29, 0.717) is 0 Å².